The van der Waals surface area contributed by atoms with Gasteiger partial charge in [0.25, 0.3) is 0 Å². The second-order valence-corrected chi connectivity index (χ2v) is 9.04. The Labute approximate surface area is 129 Å². The third-order valence-electron chi connectivity index (χ3n) is 3.29. The van der Waals surface area contributed by atoms with Crippen LogP contribution in [-0.4, -0.2) is 39.6 Å². The normalized spacial score (nSPS) is 12.5. The van der Waals surface area contributed by atoms with Crippen molar-refractivity contribution in [3.05, 3.63) is 29.3 Å². The van der Waals surface area contributed by atoms with E-state index in [1.54, 1.807) is 0 Å². The first kappa shape index (κ1) is 18.0. The van der Waals surface area contributed by atoms with Gasteiger partial charge in [0.2, 0.25) is 0 Å². The van der Waals surface area contributed by atoms with Crippen LogP contribution >= 0.6 is 0 Å². The van der Waals surface area contributed by atoms with Crippen LogP contribution in [0.4, 0.5) is 5.69 Å². The first-order valence-electron chi connectivity index (χ1n) is 7.21. The van der Waals surface area contributed by atoms with Gasteiger partial charge < -0.3 is 10.2 Å². The van der Waals surface area contributed by atoms with Crippen LogP contribution in [0.15, 0.2) is 18.2 Å². The summed E-state index contributed by atoms with van der Waals surface area (Å²) in [5.74, 6) is 0.177. The molecule has 120 valence electrons. The minimum Gasteiger partial charge on any atom is -0.373 e. The van der Waals surface area contributed by atoms with Crippen molar-refractivity contribution in [1.29, 1.82) is 0 Å². The van der Waals surface area contributed by atoms with Crippen molar-refractivity contribution >= 4 is 15.5 Å². The average Bonchev–Trinajstić information content (AvgIpc) is 2.32. The Morgan fingerprint density at radius 2 is 1.86 bits per heavy atom. The summed E-state index contributed by atoms with van der Waals surface area (Å²) >= 11 is 0. The lowest BCUT2D eigenvalue weighted by molar-refractivity contribution is 0.424. The molecule has 0 fully saturated rings. The SMILES string of the molecule is Cc1cc(CNC(C)(C)C)ccc1N(C)CCS(C)(=O)=O. The monoisotopic (exact) mass is 312 g/mol. The number of nitrogens with one attached hydrogen (secondary N) is 1. The largest absolute Gasteiger partial charge is 0.373 e. The van der Waals surface area contributed by atoms with Gasteiger partial charge in [-0.25, -0.2) is 8.42 Å². The van der Waals surface area contributed by atoms with E-state index in [2.05, 4.69) is 51.2 Å². The molecule has 1 N–H and O–H groups in total. The molecular formula is C16H28N2O2S. The van der Waals surface area contributed by atoms with E-state index in [0.29, 0.717) is 6.54 Å². The fourth-order valence-corrected chi connectivity index (χ4v) is 2.65. The zero-order chi connectivity index (χ0) is 16.3. The summed E-state index contributed by atoms with van der Waals surface area (Å²) in [6, 6.07) is 6.32. The maximum Gasteiger partial charge on any atom is 0.149 e. The topological polar surface area (TPSA) is 49.4 Å². The lowest BCUT2D eigenvalue weighted by atomic mass is 10.1. The molecule has 0 aliphatic carbocycles. The molecule has 0 aromatic heterocycles. The van der Waals surface area contributed by atoms with Crippen molar-refractivity contribution in [3.8, 4) is 0 Å². The predicted molar refractivity (Wildman–Crippen MR) is 90.8 cm³/mol. The summed E-state index contributed by atoms with van der Waals surface area (Å²) in [5, 5.41) is 3.47. The average molecular weight is 312 g/mol. The Bertz CT molecular complexity index is 574. The van der Waals surface area contributed by atoms with Crippen molar-refractivity contribution in [1.82, 2.24) is 5.32 Å². The highest BCUT2D eigenvalue weighted by Gasteiger charge is 2.11. The summed E-state index contributed by atoms with van der Waals surface area (Å²) in [4.78, 5) is 2.00. The molecule has 0 aliphatic rings. The highest BCUT2D eigenvalue weighted by molar-refractivity contribution is 7.90. The van der Waals surface area contributed by atoms with Crippen LogP contribution in [-0.2, 0) is 16.4 Å². The quantitative estimate of drug-likeness (QED) is 0.876. The molecule has 0 amide bonds. The van der Waals surface area contributed by atoms with E-state index in [4.69, 9.17) is 0 Å². The fraction of sp³-hybridized carbons (Fsp3) is 0.625. The van der Waals surface area contributed by atoms with Gasteiger partial charge in [0.05, 0.1) is 5.75 Å². The highest BCUT2D eigenvalue weighted by Crippen LogP contribution is 2.20. The molecule has 0 saturated carbocycles. The van der Waals surface area contributed by atoms with Gasteiger partial charge in [-0.15, -0.1) is 0 Å². The van der Waals surface area contributed by atoms with E-state index in [1.807, 2.05) is 11.9 Å². The van der Waals surface area contributed by atoms with Gasteiger partial charge in [0.1, 0.15) is 9.84 Å². The molecule has 0 radical (unpaired) electrons. The van der Waals surface area contributed by atoms with E-state index in [0.717, 1.165) is 12.2 Å². The minimum atomic E-state index is -2.92. The van der Waals surface area contributed by atoms with Gasteiger partial charge >= 0.3 is 0 Å². The number of nitrogens with zero attached hydrogens (tertiary/aromatic N) is 1. The van der Waals surface area contributed by atoms with E-state index >= 15 is 0 Å². The van der Waals surface area contributed by atoms with Gasteiger partial charge in [0.15, 0.2) is 0 Å². The third-order valence-corrected chi connectivity index (χ3v) is 4.22. The molecule has 0 aliphatic heterocycles. The van der Waals surface area contributed by atoms with Crippen LogP contribution in [0.2, 0.25) is 0 Å². The first-order valence-corrected chi connectivity index (χ1v) is 9.27. The standard InChI is InChI=1S/C16H28N2O2S/c1-13-11-14(12-17-16(2,3)4)7-8-15(13)18(5)9-10-21(6,19)20/h7-8,11,17H,9-10,12H2,1-6H3. The Kier molecular flexibility index (Phi) is 5.82. The Hall–Kier alpha value is -1.07. The molecule has 0 saturated heterocycles. The van der Waals surface area contributed by atoms with E-state index in [1.165, 1.54) is 17.4 Å². The summed E-state index contributed by atoms with van der Waals surface area (Å²) in [7, 11) is -0.994. The van der Waals surface area contributed by atoms with Crippen molar-refractivity contribution in [2.24, 2.45) is 0 Å². The molecule has 1 aromatic carbocycles. The number of hydrogen-bond acceptors (Lipinski definition) is 4. The van der Waals surface area contributed by atoms with Crippen LogP contribution in [0.25, 0.3) is 0 Å². The Morgan fingerprint density at radius 1 is 1.24 bits per heavy atom. The number of rotatable bonds is 6. The molecule has 0 atom stereocenters. The molecule has 1 aromatic rings. The first-order chi connectivity index (χ1) is 9.48. The van der Waals surface area contributed by atoms with Gasteiger partial charge in [-0.2, -0.15) is 0 Å². The number of aryl methyl sites for hydroxylation is 1. The van der Waals surface area contributed by atoms with Crippen LogP contribution in [0.1, 0.15) is 31.9 Å². The zero-order valence-electron chi connectivity index (χ0n) is 14.0. The molecule has 1 rings (SSSR count). The van der Waals surface area contributed by atoms with Crippen molar-refractivity contribution in [2.45, 2.75) is 39.8 Å². The molecule has 0 bridgehead atoms. The molecule has 4 nitrogen and oxygen atoms in total. The summed E-state index contributed by atoms with van der Waals surface area (Å²) in [6.45, 7) is 9.84. The number of anilines is 1. The van der Waals surface area contributed by atoms with Crippen LogP contribution < -0.4 is 10.2 Å². The minimum absolute atomic E-state index is 0.0961. The van der Waals surface area contributed by atoms with Crippen molar-refractivity contribution < 1.29 is 8.42 Å². The maximum atomic E-state index is 11.3. The van der Waals surface area contributed by atoms with E-state index < -0.39 is 9.84 Å². The highest BCUT2D eigenvalue weighted by atomic mass is 32.2. The zero-order valence-corrected chi connectivity index (χ0v) is 14.8. The number of hydrogen-bond donors (Lipinski definition) is 1. The lowest BCUT2D eigenvalue weighted by Gasteiger charge is -2.23. The van der Waals surface area contributed by atoms with Gasteiger partial charge in [-0.1, -0.05) is 12.1 Å². The molecular weight excluding hydrogens is 284 g/mol. The van der Waals surface area contributed by atoms with Gasteiger partial charge in [-0.05, 0) is 44.9 Å². The van der Waals surface area contributed by atoms with Gasteiger partial charge in [-0.3, -0.25) is 0 Å². The second kappa shape index (κ2) is 6.79. The molecule has 5 heteroatoms. The van der Waals surface area contributed by atoms with Crippen LogP contribution in [0, 0.1) is 6.92 Å². The summed E-state index contributed by atoms with van der Waals surface area (Å²) in [6.07, 6.45) is 1.27. The Morgan fingerprint density at radius 3 is 2.33 bits per heavy atom. The van der Waals surface area contributed by atoms with Crippen molar-refractivity contribution in [3.63, 3.8) is 0 Å². The fourth-order valence-electron chi connectivity index (χ4n) is 2.05. The molecule has 0 unspecified atom stereocenters. The van der Waals surface area contributed by atoms with E-state index in [-0.39, 0.29) is 11.3 Å². The maximum absolute atomic E-state index is 11.3. The second-order valence-electron chi connectivity index (χ2n) is 6.78. The lowest BCUT2D eigenvalue weighted by Crippen LogP contribution is -2.35. The summed E-state index contributed by atoms with van der Waals surface area (Å²) < 4.78 is 22.5. The van der Waals surface area contributed by atoms with Crippen LogP contribution in [0.5, 0.6) is 0 Å². The molecule has 21 heavy (non-hydrogen) atoms. The van der Waals surface area contributed by atoms with E-state index in [9.17, 15) is 8.42 Å². The van der Waals surface area contributed by atoms with Gasteiger partial charge in [0, 0.05) is 37.6 Å². The van der Waals surface area contributed by atoms with Crippen molar-refractivity contribution in [2.75, 3.05) is 30.5 Å². The summed E-state index contributed by atoms with van der Waals surface area (Å²) in [5.41, 5.74) is 3.58. The number of benzene rings is 1. The predicted octanol–water partition coefficient (Wildman–Crippen LogP) is 2.36. The Balaban J connectivity index is 2.73. The third kappa shape index (κ3) is 6.96. The number of sulfone groups is 1. The van der Waals surface area contributed by atoms with Crippen LogP contribution in [0.3, 0.4) is 0 Å². The smallest absolute Gasteiger partial charge is 0.149 e. The molecule has 0 spiro atoms. The molecule has 0 heterocycles.